The molecule has 0 spiro atoms. The van der Waals surface area contributed by atoms with Gasteiger partial charge < -0.3 is 10.8 Å². The van der Waals surface area contributed by atoms with E-state index in [1.54, 1.807) is 0 Å². The molecule has 0 bridgehead atoms. The lowest BCUT2D eigenvalue weighted by Gasteiger charge is -2.62. The molecule has 1 aromatic rings. The van der Waals surface area contributed by atoms with Crippen LogP contribution in [0.3, 0.4) is 0 Å². The quantitative estimate of drug-likeness (QED) is 0.872. The average Bonchev–Trinajstić information content (AvgIpc) is 2.35. The van der Waals surface area contributed by atoms with Crippen LogP contribution < -0.4 is 5.73 Å². The second-order valence-electron chi connectivity index (χ2n) is 7.82. The molecule has 116 valence electrons. The second kappa shape index (κ2) is 5.45. The fraction of sp³-hybridized carbons (Fsp3) is 0.611. The fourth-order valence-corrected chi connectivity index (χ4v) is 3.95. The van der Waals surface area contributed by atoms with Crippen LogP contribution in [0.2, 0.25) is 0 Å². The molecule has 1 saturated carbocycles. The summed E-state index contributed by atoms with van der Waals surface area (Å²) in [5.41, 5.74) is 7.31. The molecule has 0 heterocycles. The molecule has 21 heavy (non-hydrogen) atoms. The molecule has 0 aromatic heterocycles. The SMILES string of the molecule is CC(C)(C)[C@]1(Cc2ccccc2)C[C@@](CN)(CC(=O)O)C1. The third-order valence-electron chi connectivity index (χ3n) is 5.36. The van der Waals surface area contributed by atoms with Crippen molar-refractivity contribution in [2.75, 3.05) is 6.54 Å². The Balaban J connectivity index is 2.21. The molecule has 3 N–H and O–H groups in total. The highest BCUT2D eigenvalue weighted by molar-refractivity contribution is 5.68. The van der Waals surface area contributed by atoms with E-state index in [0.29, 0.717) is 6.54 Å². The Morgan fingerprint density at radius 1 is 1.24 bits per heavy atom. The van der Waals surface area contributed by atoms with Crippen LogP contribution in [0.5, 0.6) is 0 Å². The van der Waals surface area contributed by atoms with E-state index in [9.17, 15) is 4.79 Å². The first-order chi connectivity index (χ1) is 9.72. The van der Waals surface area contributed by atoms with Crippen LogP contribution in [0, 0.1) is 16.2 Å². The lowest BCUT2D eigenvalue weighted by atomic mass is 9.42. The van der Waals surface area contributed by atoms with Crippen LogP contribution in [-0.2, 0) is 11.2 Å². The van der Waals surface area contributed by atoms with Crippen molar-refractivity contribution in [3.05, 3.63) is 35.9 Å². The van der Waals surface area contributed by atoms with Gasteiger partial charge in [0, 0.05) is 0 Å². The van der Waals surface area contributed by atoms with E-state index in [0.717, 1.165) is 19.3 Å². The number of hydrogen-bond acceptors (Lipinski definition) is 2. The average molecular weight is 289 g/mol. The van der Waals surface area contributed by atoms with Gasteiger partial charge in [0.1, 0.15) is 0 Å². The standard InChI is InChI=1S/C18H27NO2/c1-16(2,3)18(9-14-7-5-4-6-8-14)11-17(12-18,13-19)10-15(20)21/h4-8H,9-13,19H2,1-3H3,(H,20,21)/t17-,18+. The molecule has 0 radical (unpaired) electrons. The maximum Gasteiger partial charge on any atom is 0.303 e. The van der Waals surface area contributed by atoms with E-state index in [4.69, 9.17) is 10.8 Å². The third kappa shape index (κ3) is 3.13. The largest absolute Gasteiger partial charge is 0.481 e. The maximum absolute atomic E-state index is 11.1. The number of benzene rings is 1. The summed E-state index contributed by atoms with van der Waals surface area (Å²) in [4.78, 5) is 11.1. The number of carbonyl (C=O) groups is 1. The third-order valence-corrected chi connectivity index (χ3v) is 5.36. The van der Waals surface area contributed by atoms with Crippen molar-refractivity contribution in [3.63, 3.8) is 0 Å². The molecule has 0 amide bonds. The Labute approximate surface area is 127 Å². The number of hydrogen-bond donors (Lipinski definition) is 2. The second-order valence-corrected chi connectivity index (χ2v) is 7.82. The lowest BCUT2D eigenvalue weighted by molar-refractivity contribution is -0.153. The number of aliphatic carboxylic acids is 1. The fourth-order valence-electron chi connectivity index (χ4n) is 3.95. The molecule has 1 aromatic carbocycles. The molecule has 1 aliphatic rings. The van der Waals surface area contributed by atoms with Crippen molar-refractivity contribution in [3.8, 4) is 0 Å². The molecule has 1 fully saturated rings. The van der Waals surface area contributed by atoms with Gasteiger partial charge in [-0.1, -0.05) is 51.1 Å². The summed E-state index contributed by atoms with van der Waals surface area (Å²) in [6.07, 6.45) is 3.00. The number of nitrogens with two attached hydrogens (primary N) is 1. The molecule has 3 nitrogen and oxygen atoms in total. The number of rotatable bonds is 5. The van der Waals surface area contributed by atoms with E-state index < -0.39 is 5.97 Å². The van der Waals surface area contributed by atoms with Gasteiger partial charge in [-0.25, -0.2) is 0 Å². The van der Waals surface area contributed by atoms with Crippen molar-refractivity contribution >= 4 is 5.97 Å². The van der Waals surface area contributed by atoms with Crippen molar-refractivity contribution in [2.24, 2.45) is 22.0 Å². The Hall–Kier alpha value is -1.35. The maximum atomic E-state index is 11.1. The van der Waals surface area contributed by atoms with Gasteiger partial charge in [0.05, 0.1) is 6.42 Å². The predicted molar refractivity (Wildman–Crippen MR) is 85.0 cm³/mol. The van der Waals surface area contributed by atoms with Crippen molar-refractivity contribution in [1.29, 1.82) is 0 Å². The summed E-state index contributed by atoms with van der Waals surface area (Å²) < 4.78 is 0. The molecule has 2 rings (SSSR count). The molecular weight excluding hydrogens is 262 g/mol. The van der Waals surface area contributed by atoms with Crippen LogP contribution in [0.1, 0.15) is 45.6 Å². The minimum Gasteiger partial charge on any atom is -0.481 e. The molecule has 0 atom stereocenters. The minimum absolute atomic E-state index is 0.139. The Bertz CT molecular complexity index is 496. The summed E-state index contributed by atoms with van der Waals surface area (Å²) in [5, 5.41) is 9.15. The van der Waals surface area contributed by atoms with E-state index in [2.05, 4.69) is 45.0 Å². The van der Waals surface area contributed by atoms with Gasteiger partial charge >= 0.3 is 5.97 Å². The molecule has 3 heteroatoms. The van der Waals surface area contributed by atoms with E-state index in [1.807, 2.05) is 6.07 Å². The zero-order valence-corrected chi connectivity index (χ0v) is 13.4. The van der Waals surface area contributed by atoms with Crippen molar-refractivity contribution in [2.45, 2.75) is 46.5 Å². The molecule has 1 aliphatic carbocycles. The highest BCUT2D eigenvalue weighted by Gasteiger charge is 2.59. The van der Waals surface area contributed by atoms with Crippen LogP contribution in [-0.4, -0.2) is 17.6 Å². The van der Waals surface area contributed by atoms with Gasteiger partial charge in [-0.15, -0.1) is 0 Å². The monoisotopic (exact) mass is 289 g/mol. The molecule has 0 saturated heterocycles. The summed E-state index contributed by atoms with van der Waals surface area (Å²) in [5.74, 6) is -0.734. The highest BCUT2D eigenvalue weighted by Crippen LogP contribution is 2.64. The lowest BCUT2D eigenvalue weighted by Crippen LogP contribution is -2.58. The minimum atomic E-state index is -0.734. The smallest absolute Gasteiger partial charge is 0.303 e. The summed E-state index contributed by atoms with van der Waals surface area (Å²) in [7, 11) is 0. The molecular formula is C18H27NO2. The van der Waals surface area contributed by atoms with E-state index in [-0.39, 0.29) is 22.7 Å². The molecule has 0 unspecified atom stereocenters. The van der Waals surface area contributed by atoms with Gasteiger partial charge in [0.15, 0.2) is 0 Å². The summed E-state index contributed by atoms with van der Waals surface area (Å²) in [6.45, 7) is 7.25. The first-order valence-corrected chi connectivity index (χ1v) is 7.68. The van der Waals surface area contributed by atoms with Gasteiger partial charge in [-0.3, -0.25) is 4.79 Å². The molecule has 0 aliphatic heterocycles. The zero-order chi connectivity index (χ0) is 15.7. The Morgan fingerprint density at radius 3 is 2.24 bits per heavy atom. The Morgan fingerprint density at radius 2 is 1.81 bits per heavy atom. The predicted octanol–water partition coefficient (Wildman–Crippen LogP) is 3.48. The summed E-state index contributed by atoms with van der Waals surface area (Å²) >= 11 is 0. The Kier molecular flexibility index (Phi) is 4.16. The zero-order valence-electron chi connectivity index (χ0n) is 13.4. The van der Waals surface area contributed by atoms with Crippen LogP contribution in [0.4, 0.5) is 0 Å². The van der Waals surface area contributed by atoms with Crippen LogP contribution in [0.15, 0.2) is 30.3 Å². The van der Waals surface area contributed by atoms with Gasteiger partial charge in [-0.05, 0) is 47.6 Å². The first kappa shape index (κ1) is 16.0. The van der Waals surface area contributed by atoms with Crippen molar-refractivity contribution < 1.29 is 9.90 Å². The number of carboxylic acids is 1. The van der Waals surface area contributed by atoms with Gasteiger partial charge in [0.25, 0.3) is 0 Å². The van der Waals surface area contributed by atoms with E-state index >= 15 is 0 Å². The topological polar surface area (TPSA) is 63.3 Å². The normalized spacial score (nSPS) is 29.0. The van der Waals surface area contributed by atoms with Crippen LogP contribution in [0.25, 0.3) is 0 Å². The number of carboxylic acid groups (broad SMARTS) is 1. The first-order valence-electron chi connectivity index (χ1n) is 7.68. The van der Waals surface area contributed by atoms with Gasteiger partial charge in [-0.2, -0.15) is 0 Å². The van der Waals surface area contributed by atoms with Gasteiger partial charge in [0.2, 0.25) is 0 Å². The van der Waals surface area contributed by atoms with E-state index in [1.165, 1.54) is 5.56 Å². The van der Waals surface area contributed by atoms with Crippen LogP contribution >= 0.6 is 0 Å². The summed E-state index contributed by atoms with van der Waals surface area (Å²) in [6, 6.07) is 10.5. The van der Waals surface area contributed by atoms with Crippen molar-refractivity contribution in [1.82, 2.24) is 0 Å². The highest BCUT2D eigenvalue weighted by atomic mass is 16.4.